The summed E-state index contributed by atoms with van der Waals surface area (Å²) in [5.74, 6) is 1.64. The molecule has 0 amide bonds. The van der Waals surface area contributed by atoms with Crippen LogP contribution in [0, 0.1) is 29.6 Å². The Morgan fingerprint density at radius 2 is 0.811 bits per heavy atom. The molecular formula is C71H86Br3ClN12O13S6. The number of hydrogen-bond acceptors (Lipinski definition) is 25. The van der Waals surface area contributed by atoms with E-state index in [4.69, 9.17) is 14.5 Å². The lowest BCUT2D eigenvalue weighted by molar-refractivity contribution is 0.100. The van der Waals surface area contributed by atoms with E-state index in [9.17, 15) is 49.9 Å². The highest BCUT2D eigenvalue weighted by Crippen LogP contribution is 2.37. The maximum absolute atomic E-state index is 13.3. The predicted octanol–water partition coefficient (Wildman–Crippen LogP) is 13.3. The van der Waals surface area contributed by atoms with Crippen LogP contribution in [0.15, 0.2) is 158 Å². The molecule has 0 aliphatic heterocycles. The number of halogens is 4. The third-order valence-corrected chi connectivity index (χ3v) is 22.6. The highest BCUT2D eigenvalue weighted by molar-refractivity contribution is 9.11. The predicted molar refractivity (Wildman–Crippen MR) is 429 cm³/mol. The van der Waals surface area contributed by atoms with E-state index in [1.807, 2.05) is 89.8 Å². The number of aliphatic hydroxyl groups excluding tert-OH is 2. The van der Waals surface area contributed by atoms with Crippen LogP contribution in [0.1, 0.15) is 154 Å². The van der Waals surface area contributed by atoms with Gasteiger partial charge in [-0.2, -0.15) is 25.3 Å². The molecule has 6 heterocycles. The first-order valence-electron chi connectivity index (χ1n) is 32.0. The first-order valence-corrected chi connectivity index (χ1v) is 42.4. The number of hydrogen-bond donors (Lipinski definition) is 8. The van der Waals surface area contributed by atoms with Crippen LogP contribution in [0.5, 0.6) is 0 Å². The standard InChI is InChI=1S/C23H25BrN4O4S2.C23H24BrN3O2S.C22H23BrN4O5S2.3CH4.ClH2NO2S/c1-14-5-19(9-17(14)11-32-34(25,30)31)28-23-20(10-26-13-27-23)22(29)21-8-16(12-33-21)6-15-3-2-4-18(24)7-15;1-14-5-19(9-17(14)11-28)27-23-20(10-25-13-26-23)22(29)21-8-16(12-30-21)6-15-3-2-4-18(24)7-15;23-16-3-1-2-13(5-16)4-14-6-20(33-11-14)21(29)18-9-25-12-26-22(18)27-17-7-15(19(28)8-17)10-32-34(24,30)31;;;;1-5(2,3)4/h2-4,7-8,10,12-14,17,19H,5-6,9,11H2,1H3,(H2,25,30,31)(H,26,27,28);2-4,7-8,10,12-14,17,19,28H,5-6,9,11H2,1H3,(H,25,26,27);1-3,5-6,9,11-12,15,17,19,28H,4,7-8,10H2,(H2,24,30,31)(H,25,26,27);3*1H4;(H2,2,3,4)/t2*14-,17+,19-;15-,17-,19+;;;;/m001..../s1. The lowest BCUT2D eigenvalue weighted by atomic mass is 10.00. The number of nitrogens with zero attached hydrogens (tertiary/aromatic N) is 6. The number of nitrogens with two attached hydrogens (primary N) is 3. The van der Waals surface area contributed by atoms with E-state index in [1.165, 1.54) is 70.9 Å². The molecule has 0 unspecified atom stereocenters. The molecule has 3 aliphatic carbocycles. The molecule has 3 fully saturated rings. The van der Waals surface area contributed by atoms with Crippen molar-refractivity contribution in [3.05, 3.63) is 223 Å². The Morgan fingerprint density at radius 3 is 1.13 bits per heavy atom. The SMILES string of the molecule is C.C.C.C[C@H]1C[C@H](Nc2ncncc2C(=O)c2cc(Cc3cccc(Br)c3)cs2)C[C@@H]1CO.C[C@H]1C[C@H](Nc2ncncc2C(=O)c2cc(Cc3cccc(Br)c3)cs2)C[C@@H]1COS(N)(=O)=O.NS(=O)(=O)Cl.NS(=O)(=O)OC[C@H]1C[C@@H](Nc2ncncc2C(=O)c2cc(Cc3cccc(Br)c3)cs2)C[C@@H]1O. The van der Waals surface area contributed by atoms with Crippen molar-refractivity contribution in [2.75, 3.05) is 35.8 Å². The minimum absolute atomic E-state index is 0. The number of rotatable bonds is 25. The molecule has 6 aromatic heterocycles. The fourth-order valence-electron chi connectivity index (χ4n) is 12.4. The highest BCUT2D eigenvalue weighted by atomic mass is 79.9. The van der Waals surface area contributed by atoms with Gasteiger partial charge in [0.25, 0.3) is 9.24 Å². The van der Waals surface area contributed by atoms with Gasteiger partial charge < -0.3 is 26.2 Å². The smallest absolute Gasteiger partial charge is 0.333 e. The number of carbonyl (C=O) groups excluding carboxylic acids is 3. The zero-order valence-corrected chi connectivity index (χ0v) is 65.7. The van der Waals surface area contributed by atoms with Gasteiger partial charge in [0.05, 0.1) is 50.6 Å². The zero-order chi connectivity index (χ0) is 74.2. The highest BCUT2D eigenvalue weighted by Gasteiger charge is 2.37. The number of nitrogens with one attached hydrogen (secondary N) is 3. The lowest BCUT2D eigenvalue weighted by Gasteiger charge is -2.15. The Kier molecular flexibility index (Phi) is 34.2. The molecule has 3 aliphatic rings. The van der Waals surface area contributed by atoms with E-state index in [0.29, 0.717) is 86.3 Å². The average molecular weight is 1780 g/mol. The Hall–Kier alpha value is -6.29. The van der Waals surface area contributed by atoms with Gasteiger partial charge in [-0.3, -0.25) is 22.7 Å². The van der Waals surface area contributed by atoms with Crippen LogP contribution in [0.2, 0.25) is 0 Å². The van der Waals surface area contributed by atoms with Crippen molar-refractivity contribution in [3.8, 4) is 0 Å². The minimum atomic E-state index is -4.08. The summed E-state index contributed by atoms with van der Waals surface area (Å²) in [5.41, 5.74) is 7.95. The van der Waals surface area contributed by atoms with Crippen molar-refractivity contribution < 1.29 is 58.2 Å². The normalized spacial score (nSPS) is 19.6. The van der Waals surface area contributed by atoms with Crippen molar-refractivity contribution in [3.63, 3.8) is 0 Å². The number of aliphatic hydroxyl groups is 2. The average Bonchev–Trinajstić information content (AvgIpc) is 1.61. The fourth-order valence-corrected chi connectivity index (χ4v) is 17.0. The topological polar surface area (TPSA) is 404 Å². The molecule has 9 atom stereocenters. The second kappa shape index (κ2) is 40.9. The van der Waals surface area contributed by atoms with E-state index in [2.05, 4.69) is 145 Å². The van der Waals surface area contributed by atoms with Gasteiger partial charge in [-0.1, -0.05) is 120 Å². The van der Waals surface area contributed by atoms with E-state index >= 15 is 0 Å². The Labute approximate surface area is 661 Å². The van der Waals surface area contributed by atoms with Crippen LogP contribution >= 0.6 is 92.5 Å². The summed E-state index contributed by atoms with van der Waals surface area (Å²) >= 11 is 14.7. The molecule has 0 saturated heterocycles. The molecule has 25 nitrogen and oxygen atoms in total. The molecule has 3 saturated carbocycles. The third-order valence-electron chi connectivity index (χ3n) is 17.3. The molecule has 0 spiro atoms. The summed E-state index contributed by atoms with van der Waals surface area (Å²) in [6.45, 7) is 4.24. The van der Waals surface area contributed by atoms with Crippen LogP contribution in [0.25, 0.3) is 0 Å². The molecule has 9 aromatic rings. The first kappa shape index (κ1) is 88.6. The summed E-state index contributed by atoms with van der Waals surface area (Å²) in [6, 6.07) is 30.1. The Balaban J connectivity index is 0.000000238. The molecule has 572 valence electrons. The van der Waals surface area contributed by atoms with Gasteiger partial charge in [0.15, 0.2) is 0 Å². The number of carbonyl (C=O) groups is 3. The van der Waals surface area contributed by atoms with Gasteiger partial charge in [-0.15, -0.1) is 34.0 Å². The monoisotopic (exact) mass is 1780 g/mol. The first-order chi connectivity index (χ1) is 48.9. The van der Waals surface area contributed by atoms with E-state index in [0.717, 1.165) is 73.3 Å². The van der Waals surface area contributed by atoms with Crippen molar-refractivity contribution in [1.29, 1.82) is 0 Å². The van der Waals surface area contributed by atoms with Gasteiger partial charge in [0.1, 0.15) is 36.4 Å². The molecule has 0 bridgehead atoms. The molecule has 0 radical (unpaired) electrons. The van der Waals surface area contributed by atoms with Crippen LogP contribution < -0.4 is 31.4 Å². The molecule has 35 heteroatoms. The zero-order valence-electron chi connectivity index (χ0n) is 55.3. The quantitative estimate of drug-likeness (QED) is 0.0195. The van der Waals surface area contributed by atoms with Crippen molar-refractivity contribution in [2.24, 2.45) is 45.0 Å². The Morgan fingerprint density at radius 1 is 0.500 bits per heavy atom. The minimum Gasteiger partial charge on any atom is -0.396 e. The van der Waals surface area contributed by atoms with Gasteiger partial charge in [-0.05, 0) is 186 Å². The van der Waals surface area contributed by atoms with Gasteiger partial charge in [-0.25, -0.2) is 45.3 Å². The molecule has 3 aromatic carbocycles. The maximum atomic E-state index is 13.3. The van der Waals surface area contributed by atoms with Crippen LogP contribution in [0.4, 0.5) is 17.5 Å². The van der Waals surface area contributed by atoms with E-state index < -0.39 is 41.9 Å². The summed E-state index contributed by atoms with van der Waals surface area (Å²) in [5, 5.41) is 49.7. The van der Waals surface area contributed by atoms with Crippen molar-refractivity contribution in [2.45, 2.75) is 118 Å². The Bertz CT molecular complexity index is 4570. The van der Waals surface area contributed by atoms with Gasteiger partial charge in [0.2, 0.25) is 17.3 Å². The fraction of sp³-hybridized carbons (Fsp3) is 0.366. The number of ketones is 3. The van der Waals surface area contributed by atoms with Crippen molar-refractivity contribution >= 4 is 157 Å². The molecule has 106 heavy (non-hydrogen) atoms. The summed E-state index contributed by atoms with van der Waals surface area (Å²) in [4.78, 5) is 66.7. The lowest BCUT2D eigenvalue weighted by Crippen LogP contribution is -2.24. The summed E-state index contributed by atoms with van der Waals surface area (Å²) in [7, 11) is -7.46. The summed E-state index contributed by atoms with van der Waals surface area (Å²) in [6.07, 6.45) is 14.4. The second-order valence-electron chi connectivity index (χ2n) is 25.2. The number of anilines is 3. The maximum Gasteiger partial charge on any atom is 0.333 e. The number of aromatic nitrogens is 6. The van der Waals surface area contributed by atoms with Gasteiger partial charge >= 0.3 is 20.6 Å². The van der Waals surface area contributed by atoms with Crippen LogP contribution in [-0.2, 0) is 57.5 Å². The third kappa shape index (κ3) is 27.7. The number of thiophene rings is 3. The molecule has 11 N–H and O–H groups in total. The van der Waals surface area contributed by atoms with Crippen LogP contribution in [0.3, 0.4) is 0 Å². The summed E-state index contributed by atoms with van der Waals surface area (Å²) < 4.78 is 75.2. The largest absolute Gasteiger partial charge is 0.396 e. The molecule has 12 rings (SSSR count). The number of benzene rings is 3. The van der Waals surface area contributed by atoms with E-state index in [-0.39, 0.29) is 89.4 Å². The van der Waals surface area contributed by atoms with Gasteiger partial charge in [0, 0.05) is 73.3 Å². The molecular weight excluding hydrogens is 1700 g/mol. The van der Waals surface area contributed by atoms with Crippen molar-refractivity contribution in [1.82, 2.24) is 29.9 Å². The van der Waals surface area contributed by atoms with E-state index in [1.54, 1.807) is 6.20 Å². The van der Waals surface area contributed by atoms with Crippen LogP contribution in [-0.4, -0.2) is 127 Å². The second-order valence-corrected chi connectivity index (χ2v) is 35.3.